The van der Waals surface area contributed by atoms with Crippen LogP contribution < -0.4 is 9.64 Å². The number of H-pyrrole nitrogens is 1. The highest BCUT2D eigenvalue weighted by molar-refractivity contribution is 5.94. The summed E-state index contributed by atoms with van der Waals surface area (Å²) in [4.78, 5) is 29.2. The van der Waals surface area contributed by atoms with Crippen LogP contribution in [-0.4, -0.2) is 75.9 Å². The molecule has 0 radical (unpaired) electrons. The Morgan fingerprint density at radius 2 is 2.06 bits per heavy atom. The number of carbonyl (C=O) groups excluding carboxylic acids is 1. The van der Waals surface area contributed by atoms with Gasteiger partial charge in [0.25, 0.3) is 5.91 Å². The molecule has 0 saturated carbocycles. The van der Waals surface area contributed by atoms with Gasteiger partial charge in [0, 0.05) is 37.2 Å². The molecule has 0 spiro atoms. The monoisotopic (exact) mass is 477 g/mol. The van der Waals surface area contributed by atoms with Crippen LogP contribution in [-0.2, 0) is 4.74 Å². The standard InChI is InChI=1S/C24H24FN7O3/c1-14-13-34-9-8-32(14)23-27-21(15-4-6-19-17(10-15)12-26-30-19)28-24(29-23)35-20-7-5-16(11-18(20)25)22(33)31(2)3/h4-7,10-12,14H,8-9,13H2,1-3H3,(H,26,30). The lowest BCUT2D eigenvalue weighted by atomic mass is 10.1. The molecule has 4 aromatic rings. The minimum atomic E-state index is -0.694. The van der Waals surface area contributed by atoms with E-state index in [9.17, 15) is 9.18 Å². The lowest BCUT2D eigenvalue weighted by Gasteiger charge is -2.33. The number of amides is 1. The molecule has 35 heavy (non-hydrogen) atoms. The van der Waals surface area contributed by atoms with Crippen LogP contribution in [0, 0.1) is 5.82 Å². The minimum absolute atomic E-state index is 0.0382. The van der Waals surface area contributed by atoms with Crippen LogP contribution in [0.4, 0.5) is 10.3 Å². The highest BCUT2D eigenvalue weighted by atomic mass is 19.1. The van der Waals surface area contributed by atoms with E-state index in [1.807, 2.05) is 30.0 Å². The molecule has 11 heteroatoms. The smallest absolute Gasteiger partial charge is 0.327 e. The maximum Gasteiger partial charge on any atom is 0.327 e. The van der Waals surface area contributed by atoms with Gasteiger partial charge in [0.15, 0.2) is 17.4 Å². The number of nitrogens with zero attached hydrogens (tertiary/aromatic N) is 6. The summed E-state index contributed by atoms with van der Waals surface area (Å²) in [7, 11) is 3.21. The van der Waals surface area contributed by atoms with Gasteiger partial charge in [-0.1, -0.05) is 0 Å². The molecule has 1 atom stereocenters. The van der Waals surface area contributed by atoms with Gasteiger partial charge in [-0.15, -0.1) is 0 Å². The number of nitrogens with one attached hydrogen (secondary N) is 1. The molecule has 180 valence electrons. The van der Waals surface area contributed by atoms with Crippen molar-refractivity contribution in [3.05, 3.63) is 54.0 Å². The molecule has 10 nitrogen and oxygen atoms in total. The molecule has 1 amide bonds. The van der Waals surface area contributed by atoms with Crippen molar-refractivity contribution in [3.8, 4) is 23.1 Å². The van der Waals surface area contributed by atoms with Gasteiger partial charge in [0.05, 0.1) is 31.0 Å². The van der Waals surface area contributed by atoms with Crippen LogP contribution in [0.25, 0.3) is 22.3 Å². The predicted octanol–water partition coefficient (Wildman–Crippen LogP) is 3.27. The average Bonchev–Trinajstić information content (AvgIpc) is 3.33. The quantitative estimate of drug-likeness (QED) is 0.467. The molecule has 1 aliphatic heterocycles. The fourth-order valence-electron chi connectivity index (χ4n) is 3.83. The third-order valence-corrected chi connectivity index (χ3v) is 5.71. The number of ether oxygens (including phenoxy) is 2. The van der Waals surface area contributed by atoms with Gasteiger partial charge in [0.1, 0.15) is 0 Å². The van der Waals surface area contributed by atoms with Gasteiger partial charge in [0.2, 0.25) is 5.95 Å². The van der Waals surface area contributed by atoms with Crippen LogP contribution in [0.1, 0.15) is 17.3 Å². The molecule has 1 unspecified atom stereocenters. The lowest BCUT2D eigenvalue weighted by Crippen LogP contribution is -2.44. The maximum atomic E-state index is 14.8. The number of halogens is 1. The summed E-state index contributed by atoms with van der Waals surface area (Å²) in [6.07, 6.45) is 1.72. The molecule has 1 fully saturated rings. The van der Waals surface area contributed by atoms with Crippen molar-refractivity contribution in [3.63, 3.8) is 0 Å². The van der Waals surface area contributed by atoms with Gasteiger partial charge in [-0.2, -0.15) is 20.1 Å². The van der Waals surface area contributed by atoms with Gasteiger partial charge in [-0.25, -0.2) is 4.39 Å². The summed E-state index contributed by atoms with van der Waals surface area (Å²) >= 11 is 0. The Kier molecular flexibility index (Phi) is 6.00. The van der Waals surface area contributed by atoms with Crippen molar-refractivity contribution in [2.45, 2.75) is 13.0 Å². The van der Waals surface area contributed by atoms with Crippen molar-refractivity contribution < 1.29 is 18.7 Å². The van der Waals surface area contributed by atoms with E-state index in [2.05, 4.69) is 25.1 Å². The van der Waals surface area contributed by atoms with Crippen molar-refractivity contribution in [1.29, 1.82) is 0 Å². The number of aromatic nitrogens is 5. The lowest BCUT2D eigenvalue weighted by molar-refractivity contribution is 0.0827. The van der Waals surface area contributed by atoms with Gasteiger partial charge in [-0.05, 0) is 43.3 Å². The predicted molar refractivity (Wildman–Crippen MR) is 127 cm³/mol. The van der Waals surface area contributed by atoms with Crippen LogP contribution in [0.5, 0.6) is 11.8 Å². The van der Waals surface area contributed by atoms with Crippen LogP contribution in [0.15, 0.2) is 42.6 Å². The maximum absolute atomic E-state index is 14.8. The molecular weight excluding hydrogens is 453 g/mol. The molecule has 2 aromatic carbocycles. The van der Waals surface area contributed by atoms with E-state index in [1.165, 1.54) is 17.0 Å². The highest BCUT2D eigenvalue weighted by Crippen LogP contribution is 2.29. The molecule has 3 heterocycles. The number of carbonyl (C=O) groups is 1. The van der Waals surface area contributed by atoms with E-state index in [4.69, 9.17) is 9.47 Å². The fraction of sp³-hybridized carbons (Fsp3) is 0.292. The first-order chi connectivity index (χ1) is 16.9. The number of hydrogen-bond acceptors (Lipinski definition) is 8. The minimum Gasteiger partial charge on any atom is -0.421 e. The molecule has 5 rings (SSSR count). The molecule has 1 aliphatic rings. The Hall–Kier alpha value is -4.12. The third-order valence-electron chi connectivity index (χ3n) is 5.71. The zero-order valence-corrected chi connectivity index (χ0v) is 19.5. The topological polar surface area (TPSA) is 109 Å². The van der Waals surface area contributed by atoms with Crippen LogP contribution in [0.2, 0.25) is 0 Å². The number of anilines is 1. The molecule has 1 N–H and O–H groups in total. The second-order valence-electron chi connectivity index (χ2n) is 8.48. The Morgan fingerprint density at radius 1 is 1.20 bits per heavy atom. The SMILES string of the molecule is CC1COCCN1c1nc(Oc2ccc(C(=O)N(C)C)cc2F)nc(-c2ccc3[nH]ncc3c2)n1. The number of benzene rings is 2. The average molecular weight is 478 g/mol. The van der Waals surface area contributed by atoms with E-state index in [-0.39, 0.29) is 29.3 Å². The van der Waals surface area contributed by atoms with E-state index >= 15 is 0 Å². The zero-order valence-electron chi connectivity index (χ0n) is 19.5. The number of fused-ring (bicyclic) bond motifs is 1. The number of hydrogen-bond donors (Lipinski definition) is 1. The Bertz CT molecular complexity index is 1390. The van der Waals surface area contributed by atoms with Gasteiger partial charge in [-0.3, -0.25) is 9.89 Å². The second-order valence-corrected chi connectivity index (χ2v) is 8.48. The Labute approximate surface area is 200 Å². The van der Waals surface area contributed by atoms with Gasteiger partial charge < -0.3 is 19.3 Å². The third kappa shape index (κ3) is 4.62. The normalized spacial score (nSPS) is 15.9. The highest BCUT2D eigenvalue weighted by Gasteiger charge is 2.24. The van der Waals surface area contributed by atoms with E-state index < -0.39 is 5.82 Å². The van der Waals surface area contributed by atoms with Crippen LogP contribution >= 0.6 is 0 Å². The van der Waals surface area contributed by atoms with Crippen molar-refractivity contribution in [2.24, 2.45) is 0 Å². The molecule has 2 aromatic heterocycles. The van der Waals surface area contributed by atoms with Crippen molar-refractivity contribution in [2.75, 3.05) is 38.8 Å². The summed E-state index contributed by atoms with van der Waals surface area (Å²) in [6, 6.07) is 9.68. The van der Waals surface area contributed by atoms with E-state index in [1.54, 1.807) is 20.3 Å². The Balaban J connectivity index is 1.54. The Morgan fingerprint density at radius 3 is 2.83 bits per heavy atom. The van der Waals surface area contributed by atoms with Crippen molar-refractivity contribution >= 4 is 22.8 Å². The molecular formula is C24H24FN7O3. The molecule has 0 bridgehead atoms. The number of rotatable bonds is 5. The van der Waals surface area contributed by atoms with Gasteiger partial charge >= 0.3 is 6.01 Å². The summed E-state index contributed by atoms with van der Waals surface area (Å²) < 4.78 is 26.1. The summed E-state index contributed by atoms with van der Waals surface area (Å²) in [5.74, 6) is -0.305. The summed E-state index contributed by atoms with van der Waals surface area (Å²) in [5.41, 5.74) is 1.84. The van der Waals surface area contributed by atoms with E-state index in [0.717, 1.165) is 22.5 Å². The van der Waals surface area contributed by atoms with Crippen molar-refractivity contribution in [1.82, 2.24) is 30.0 Å². The number of aromatic amines is 1. The zero-order chi connectivity index (χ0) is 24.5. The fourth-order valence-corrected chi connectivity index (χ4v) is 3.83. The second kappa shape index (κ2) is 9.26. The van der Waals surface area contributed by atoms with E-state index in [0.29, 0.717) is 31.5 Å². The first-order valence-corrected chi connectivity index (χ1v) is 11.1. The molecule has 1 saturated heterocycles. The van der Waals surface area contributed by atoms with Crippen LogP contribution in [0.3, 0.4) is 0 Å². The number of morpholine rings is 1. The summed E-state index contributed by atoms with van der Waals surface area (Å²) in [5, 5.41) is 7.88. The first kappa shape index (κ1) is 22.7. The largest absolute Gasteiger partial charge is 0.421 e. The molecule has 0 aliphatic carbocycles. The first-order valence-electron chi connectivity index (χ1n) is 11.1. The summed E-state index contributed by atoms with van der Waals surface area (Å²) in [6.45, 7) is 3.69.